The van der Waals surface area contributed by atoms with Crippen LogP contribution in [-0.4, -0.2) is 21.5 Å². The number of hydrogen-bond acceptors (Lipinski definition) is 3. The fourth-order valence-corrected chi connectivity index (χ4v) is 2.63. The summed E-state index contributed by atoms with van der Waals surface area (Å²) in [7, 11) is -3.35. The van der Waals surface area contributed by atoms with Gasteiger partial charge in [-0.1, -0.05) is 19.9 Å². The van der Waals surface area contributed by atoms with Gasteiger partial charge in [0.2, 0.25) is 10.0 Å². The second-order valence-electron chi connectivity index (χ2n) is 3.87. The van der Waals surface area contributed by atoms with Gasteiger partial charge in [0.15, 0.2) is 0 Å². The van der Waals surface area contributed by atoms with E-state index in [2.05, 4.69) is 10.0 Å². The SMILES string of the molecule is CCNCc1cc(S(=O)(=O)NCC)ccc1C. The molecule has 0 saturated heterocycles. The van der Waals surface area contributed by atoms with Gasteiger partial charge in [0.25, 0.3) is 0 Å². The van der Waals surface area contributed by atoms with Crippen LogP contribution in [-0.2, 0) is 16.6 Å². The monoisotopic (exact) mass is 256 g/mol. The number of hydrogen-bond donors (Lipinski definition) is 2. The Hall–Kier alpha value is -0.910. The number of sulfonamides is 1. The quantitative estimate of drug-likeness (QED) is 0.809. The molecule has 0 spiro atoms. The predicted octanol–water partition coefficient (Wildman–Crippen LogP) is 1.40. The van der Waals surface area contributed by atoms with Crippen LogP contribution >= 0.6 is 0 Å². The molecule has 1 aromatic carbocycles. The van der Waals surface area contributed by atoms with E-state index in [1.54, 1.807) is 19.1 Å². The molecule has 0 aliphatic carbocycles. The topological polar surface area (TPSA) is 58.2 Å². The maximum Gasteiger partial charge on any atom is 0.240 e. The molecule has 0 bridgehead atoms. The van der Waals surface area contributed by atoms with Crippen LogP contribution in [0.4, 0.5) is 0 Å². The van der Waals surface area contributed by atoms with Crippen molar-refractivity contribution in [2.45, 2.75) is 32.2 Å². The number of rotatable bonds is 6. The average Bonchev–Trinajstić information content (AvgIpc) is 2.27. The van der Waals surface area contributed by atoms with E-state index in [1.165, 1.54) is 0 Å². The smallest absolute Gasteiger partial charge is 0.240 e. The highest BCUT2D eigenvalue weighted by atomic mass is 32.2. The summed E-state index contributed by atoms with van der Waals surface area (Å²) in [5.74, 6) is 0. The summed E-state index contributed by atoms with van der Waals surface area (Å²) in [6.45, 7) is 7.73. The van der Waals surface area contributed by atoms with Gasteiger partial charge in [-0.3, -0.25) is 0 Å². The number of nitrogens with one attached hydrogen (secondary N) is 2. The van der Waals surface area contributed by atoms with Crippen LogP contribution in [0.2, 0.25) is 0 Å². The normalized spacial score (nSPS) is 11.7. The van der Waals surface area contributed by atoms with Crippen LogP contribution in [0.1, 0.15) is 25.0 Å². The van der Waals surface area contributed by atoms with E-state index in [-0.39, 0.29) is 0 Å². The van der Waals surface area contributed by atoms with Crippen molar-refractivity contribution >= 4 is 10.0 Å². The second-order valence-corrected chi connectivity index (χ2v) is 5.64. The first-order valence-corrected chi connectivity index (χ1v) is 7.29. The third-order valence-electron chi connectivity index (χ3n) is 2.53. The van der Waals surface area contributed by atoms with Crippen LogP contribution in [0.3, 0.4) is 0 Å². The van der Waals surface area contributed by atoms with Crippen molar-refractivity contribution < 1.29 is 8.42 Å². The van der Waals surface area contributed by atoms with Crippen molar-refractivity contribution in [2.75, 3.05) is 13.1 Å². The highest BCUT2D eigenvalue weighted by Crippen LogP contribution is 2.15. The van der Waals surface area contributed by atoms with Crippen LogP contribution in [0, 0.1) is 6.92 Å². The Labute approximate surface area is 103 Å². The lowest BCUT2D eigenvalue weighted by atomic mass is 10.1. The maximum atomic E-state index is 11.8. The molecule has 0 unspecified atom stereocenters. The van der Waals surface area contributed by atoms with Crippen molar-refractivity contribution in [3.05, 3.63) is 29.3 Å². The average molecular weight is 256 g/mol. The highest BCUT2D eigenvalue weighted by Gasteiger charge is 2.13. The molecule has 0 aliphatic rings. The first-order chi connectivity index (χ1) is 8.01. The minimum absolute atomic E-state index is 0.331. The third-order valence-corrected chi connectivity index (χ3v) is 4.07. The molecule has 1 aromatic rings. The maximum absolute atomic E-state index is 11.8. The zero-order valence-electron chi connectivity index (χ0n) is 10.6. The minimum Gasteiger partial charge on any atom is -0.313 e. The van der Waals surface area contributed by atoms with E-state index in [1.807, 2.05) is 19.9 Å². The minimum atomic E-state index is -3.35. The van der Waals surface area contributed by atoms with Crippen molar-refractivity contribution in [3.8, 4) is 0 Å². The van der Waals surface area contributed by atoms with Crippen LogP contribution in [0.25, 0.3) is 0 Å². The lowest BCUT2D eigenvalue weighted by Crippen LogP contribution is -2.23. The lowest BCUT2D eigenvalue weighted by molar-refractivity contribution is 0.583. The Morgan fingerprint density at radius 1 is 1.18 bits per heavy atom. The lowest BCUT2D eigenvalue weighted by Gasteiger charge is -2.10. The van der Waals surface area contributed by atoms with Crippen LogP contribution < -0.4 is 10.0 Å². The zero-order chi connectivity index (χ0) is 12.9. The van der Waals surface area contributed by atoms with Gasteiger partial charge in [-0.2, -0.15) is 0 Å². The van der Waals surface area contributed by atoms with Crippen molar-refractivity contribution in [3.63, 3.8) is 0 Å². The Balaban J connectivity index is 3.03. The molecule has 96 valence electrons. The van der Waals surface area contributed by atoms with E-state index in [9.17, 15) is 8.42 Å². The summed E-state index contributed by atoms with van der Waals surface area (Å²) in [6.07, 6.45) is 0. The van der Waals surface area contributed by atoms with Crippen molar-refractivity contribution in [1.29, 1.82) is 0 Å². The first-order valence-electron chi connectivity index (χ1n) is 5.81. The van der Waals surface area contributed by atoms with E-state index in [0.29, 0.717) is 18.0 Å². The molecule has 17 heavy (non-hydrogen) atoms. The van der Waals surface area contributed by atoms with Gasteiger partial charge in [0, 0.05) is 13.1 Å². The largest absolute Gasteiger partial charge is 0.313 e. The van der Waals surface area contributed by atoms with Crippen LogP contribution in [0.15, 0.2) is 23.1 Å². The second kappa shape index (κ2) is 6.14. The summed E-state index contributed by atoms with van der Waals surface area (Å²) in [5.41, 5.74) is 2.12. The van der Waals surface area contributed by atoms with Gasteiger partial charge in [-0.15, -0.1) is 0 Å². The molecule has 0 fully saturated rings. The van der Waals surface area contributed by atoms with Gasteiger partial charge in [-0.05, 0) is 36.7 Å². The van der Waals surface area contributed by atoms with Gasteiger partial charge >= 0.3 is 0 Å². The molecule has 1 rings (SSSR count). The van der Waals surface area contributed by atoms with E-state index < -0.39 is 10.0 Å². The van der Waals surface area contributed by atoms with E-state index >= 15 is 0 Å². The first kappa shape index (κ1) is 14.2. The van der Waals surface area contributed by atoms with E-state index in [0.717, 1.165) is 17.7 Å². The number of benzene rings is 1. The summed E-state index contributed by atoms with van der Waals surface area (Å²) in [6, 6.07) is 5.22. The molecule has 0 radical (unpaired) electrons. The van der Waals surface area contributed by atoms with Gasteiger partial charge in [-0.25, -0.2) is 13.1 Å². The third kappa shape index (κ3) is 3.80. The summed E-state index contributed by atoms with van der Waals surface area (Å²) < 4.78 is 26.2. The molecule has 5 heteroatoms. The molecule has 0 saturated carbocycles. The predicted molar refractivity (Wildman–Crippen MR) is 69.4 cm³/mol. The molecule has 0 atom stereocenters. The van der Waals surface area contributed by atoms with Crippen molar-refractivity contribution in [1.82, 2.24) is 10.0 Å². The van der Waals surface area contributed by atoms with Crippen molar-refractivity contribution in [2.24, 2.45) is 0 Å². The fourth-order valence-electron chi connectivity index (χ4n) is 1.54. The molecule has 4 nitrogen and oxygen atoms in total. The Kier molecular flexibility index (Phi) is 5.11. The molecule has 0 heterocycles. The Morgan fingerprint density at radius 2 is 1.88 bits per heavy atom. The molecule has 0 amide bonds. The molecule has 0 aliphatic heterocycles. The fraction of sp³-hybridized carbons (Fsp3) is 0.500. The molecular weight excluding hydrogens is 236 g/mol. The standard InChI is InChI=1S/C12H20N2O2S/c1-4-13-9-11-8-12(7-6-10(11)3)17(15,16)14-5-2/h6-8,13-14H,4-5,9H2,1-3H3. The number of aryl methyl sites for hydroxylation is 1. The van der Waals surface area contributed by atoms with Crippen LogP contribution in [0.5, 0.6) is 0 Å². The highest BCUT2D eigenvalue weighted by molar-refractivity contribution is 7.89. The summed E-state index contributed by atoms with van der Waals surface area (Å²) in [4.78, 5) is 0.331. The Bertz CT molecular complexity index is 469. The van der Waals surface area contributed by atoms with Gasteiger partial charge in [0.05, 0.1) is 4.90 Å². The summed E-state index contributed by atoms with van der Waals surface area (Å²) in [5, 5.41) is 3.20. The molecule has 2 N–H and O–H groups in total. The van der Waals surface area contributed by atoms with E-state index in [4.69, 9.17) is 0 Å². The molecule has 0 aromatic heterocycles. The Morgan fingerprint density at radius 3 is 2.47 bits per heavy atom. The van der Waals surface area contributed by atoms with Gasteiger partial charge < -0.3 is 5.32 Å². The zero-order valence-corrected chi connectivity index (χ0v) is 11.4. The molecular formula is C12H20N2O2S. The summed E-state index contributed by atoms with van der Waals surface area (Å²) >= 11 is 0. The van der Waals surface area contributed by atoms with Gasteiger partial charge in [0.1, 0.15) is 0 Å².